The number of nitrogens with one attached hydrogen (secondary N) is 1. The first-order chi connectivity index (χ1) is 6.36. The van der Waals surface area contributed by atoms with Crippen LogP contribution < -0.4 is 5.73 Å². The number of thioether (sulfide) groups is 1. The highest BCUT2D eigenvalue weighted by Crippen LogP contribution is 2.12. The smallest absolute Gasteiger partial charge is 0.324 e. The Bertz CT molecular complexity index is 217. The SMILES string of the molecule is CC(=N)CCCSCC(C)(N)C(=O)O. The number of carboxylic acid groups (broad SMARTS) is 1. The van der Waals surface area contributed by atoms with Crippen LogP contribution in [0.4, 0.5) is 0 Å². The monoisotopic (exact) mass is 218 g/mol. The van der Waals surface area contributed by atoms with Crippen molar-refractivity contribution in [3.8, 4) is 0 Å². The normalized spacial score (nSPS) is 14.8. The van der Waals surface area contributed by atoms with Gasteiger partial charge in [-0.3, -0.25) is 4.79 Å². The Morgan fingerprint density at radius 2 is 2.21 bits per heavy atom. The average Bonchev–Trinajstić information content (AvgIpc) is 2.02. The van der Waals surface area contributed by atoms with Gasteiger partial charge in [-0.25, -0.2) is 0 Å². The number of hydrogen-bond acceptors (Lipinski definition) is 4. The van der Waals surface area contributed by atoms with E-state index in [9.17, 15) is 4.79 Å². The van der Waals surface area contributed by atoms with E-state index in [0.717, 1.165) is 18.6 Å². The van der Waals surface area contributed by atoms with Crippen molar-refractivity contribution >= 4 is 23.4 Å². The highest BCUT2D eigenvalue weighted by Gasteiger charge is 2.27. The van der Waals surface area contributed by atoms with E-state index in [1.165, 1.54) is 18.7 Å². The second-order valence-corrected chi connectivity index (χ2v) is 4.76. The average molecular weight is 218 g/mol. The highest BCUT2D eigenvalue weighted by atomic mass is 32.2. The lowest BCUT2D eigenvalue weighted by atomic mass is 10.1. The molecular weight excluding hydrogens is 200 g/mol. The van der Waals surface area contributed by atoms with Crippen LogP contribution in [0.3, 0.4) is 0 Å². The van der Waals surface area contributed by atoms with Gasteiger partial charge in [0.25, 0.3) is 0 Å². The molecule has 0 amide bonds. The summed E-state index contributed by atoms with van der Waals surface area (Å²) in [6.45, 7) is 3.29. The molecule has 4 N–H and O–H groups in total. The first kappa shape index (κ1) is 13.4. The fourth-order valence-corrected chi connectivity index (χ4v) is 1.83. The third kappa shape index (κ3) is 5.99. The van der Waals surface area contributed by atoms with Crippen LogP contribution in [0.25, 0.3) is 0 Å². The molecule has 0 aliphatic carbocycles. The van der Waals surface area contributed by atoms with Crippen LogP contribution in [-0.2, 0) is 4.79 Å². The zero-order valence-electron chi connectivity index (χ0n) is 8.67. The zero-order valence-corrected chi connectivity index (χ0v) is 9.49. The van der Waals surface area contributed by atoms with E-state index in [4.69, 9.17) is 16.2 Å². The molecule has 0 bridgehead atoms. The van der Waals surface area contributed by atoms with E-state index in [1.54, 1.807) is 6.92 Å². The van der Waals surface area contributed by atoms with Gasteiger partial charge in [0.2, 0.25) is 0 Å². The van der Waals surface area contributed by atoms with Gasteiger partial charge in [-0.15, -0.1) is 0 Å². The molecule has 0 rings (SSSR count). The number of aliphatic carboxylic acids is 1. The summed E-state index contributed by atoms with van der Waals surface area (Å²) >= 11 is 1.53. The fraction of sp³-hybridized carbons (Fsp3) is 0.778. The van der Waals surface area contributed by atoms with Gasteiger partial charge in [-0.2, -0.15) is 11.8 Å². The number of carbonyl (C=O) groups is 1. The summed E-state index contributed by atoms with van der Waals surface area (Å²) in [6.07, 6.45) is 1.69. The number of carboxylic acids is 1. The van der Waals surface area contributed by atoms with Crippen molar-refractivity contribution in [1.82, 2.24) is 0 Å². The van der Waals surface area contributed by atoms with E-state index < -0.39 is 11.5 Å². The van der Waals surface area contributed by atoms with Crippen LogP contribution in [0.1, 0.15) is 26.7 Å². The third-order valence-corrected chi connectivity index (χ3v) is 3.11. The maximum atomic E-state index is 10.6. The molecule has 0 heterocycles. The molecule has 0 saturated heterocycles. The van der Waals surface area contributed by atoms with Crippen LogP contribution in [0.5, 0.6) is 0 Å². The lowest BCUT2D eigenvalue weighted by Gasteiger charge is -2.18. The first-order valence-corrected chi connectivity index (χ1v) is 5.66. The molecule has 1 atom stereocenters. The molecule has 0 aromatic rings. The first-order valence-electron chi connectivity index (χ1n) is 4.50. The largest absolute Gasteiger partial charge is 0.480 e. The highest BCUT2D eigenvalue weighted by molar-refractivity contribution is 7.99. The van der Waals surface area contributed by atoms with E-state index in [2.05, 4.69) is 0 Å². The molecule has 0 saturated carbocycles. The lowest BCUT2D eigenvalue weighted by Crippen LogP contribution is -2.47. The molecular formula is C9H18N2O2S. The summed E-state index contributed by atoms with van der Waals surface area (Å²) in [7, 11) is 0. The van der Waals surface area contributed by atoms with Gasteiger partial charge < -0.3 is 16.2 Å². The molecule has 0 aromatic heterocycles. The van der Waals surface area contributed by atoms with Gasteiger partial charge in [0.1, 0.15) is 5.54 Å². The van der Waals surface area contributed by atoms with Gasteiger partial charge in [0, 0.05) is 11.5 Å². The van der Waals surface area contributed by atoms with Crippen LogP contribution >= 0.6 is 11.8 Å². The Kier molecular flexibility index (Phi) is 5.79. The Balaban J connectivity index is 3.54. The number of hydrogen-bond donors (Lipinski definition) is 3. The standard InChI is InChI=1S/C9H18N2O2S/c1-7(10)4-3-5-14-6-9(2,11)8(12)13/h10H,3-6,11H2,1-2H3,(H,12,13). The van der Waals surface area contributed by atoms with E-state index >= 15 is 0 Å². The Labute approximate surface area is 88.8 Å². The number of rotatable bonds is 7. The Morgan fingerprint density at radius 1 is 1.64 bits per heavy atom. The summed E-state index contributed by atoms with van der Waals surface area (Å²) in [5, 5.41) is 15.9. The molecule has 5 heteroatoms. The van der Waals surface area contributed by atoms with Crippen LogP contribution in [0.15, 0.2) is 0 Å². The minimum atomic E-state index is -1.13. The predicted octanol–water partition coefficient (Wildman–Crippen LogP) is 1.34. The molecule has 4 nitrogen and oxygen atoms in total. The summed E-state index contributed by atoms with van der Waals surface area (Å²) in [4.78, 5) is 10.6. The minimum Gasteiger partial charge on any atom is -0.480 e. The molecule has 82 valence electrons. The van der Waals surface area contributed by atoms with Gasteiger partial charge >= 0.3 is 5.97 Å². The summed E-state index contributed by atoms with van der Waals surface area (Å²) in [5.74, 6) is 0.309. The van der Waals surface area contributed by atoms with Gasteiger partial charge in [-0.05, 0) is 32.4 Å². The molecule has 0 radical (unpaired) electrons. The van der Waals surface area contributed by atoms with Crippen molar-refractivity contribution in [3.63, 3.8) is 0 Å². The maximum Gasteiger partial charge on any atom is 0.324 e. The van der Waals surface area contributed by atoms with Crippen LogP contribution in [0, 0.1) is 5.41 Å². The van der Waals surface area contributed by atoms with Gasteiger partial charge in [0.05, 0.1) is 0 Å². The second kappa shape index (κ2) is 6.03. The van der Waals surface area contributed by atoms with Crippen molar-refractivity contribution in [2.45, 2.75) is 32.2 Å². The Hall–Kier alpha value is -0.550. The molecule has 1 unspecified atom stereocenters. The molecule has 0 spiro atoms. The fourth-order valence-electron chi connectivity index (χ4n) is 0.785. The summed E-state index contributed by atoms with van der Waals surface area (Å²) < 4.78 is 0. The molecule has 0 aromatic carbocycles. The van der Waals surface area contributed by atoms with Gasteiger partial charge in [0.15, 0.2) is 0 Å². The van der Waals surface area contributed by atoms with Gasteiger partial charge in [-0.1, -0.05) is 0 Å². The van der Waals surface area contributed by atoms with E-state index in [0.29, 0.717) is 11.5 Å². The molecule has 14 heavy (non-hydrogen) atoms. The third-order valence-electron chi connectivity index (χ3n) is 1.73. The van der Waals surface area contributed by atoms with Crippen molar-refractivity contribution in [2.75, 3.05) is 11.5 Å². The molecule has 0 fully saturated rings. The van der Waals surface area contributed by atoms with Crippen LogP contribution in [-0.4, -0.2) is 33.8 Å². The lowest BCUT2D eigenvalue weighted by molar-refractivity contribution is -0.141. The van der Waals surface area contributed by atoms with Crippen molar-refractivity contribution in [1.29, 1.82) is 5.41 Å². The topological polar surface area (TPSA) is 87.2 Å². The quantitative estimate of drug-likeness (QED) is 0.444. The summed E-state index contributed by atoms with van der Waals surface area (Å²) in [5.41, 5.74) is 5.07. The minimum absolute atomic E-state index is 0.416. The maximum absolute atomic E-state index is 10.6. The Morgan fingerprint density at radius 3 is 2.64 bits per heavy atom. The van der Waals surface area contributed by atoms with Crippen molar-refractivity contribution in [2.24, 2.45) is 5.73 Å². The van der Waals surface area contributed by atoms with E-state index in [1.807, 2.05) is 0 Å². The van der Waals surface area contributed by atoms with E-state index in [-0.39, 0.29) is 0 Å². The van der Waals surface area contributed by atoms with Crippen molar-refractivity contribution < 1.29 is 9.90 Å². The predicted molar refractivity (Wildman–Crippen MR) is 60.2 cm³/mol. The molecule has 0 aliphatic rings. The number of nitrogens with two attached hydrogens (primary N) is 1. The molecule has 0 aliphatic heterocycles. The zero-order chi connectivity index (χ0) is 11.2. The second-order valence-electron chi connectivity index (χ2n) is 3.66. The summed E-state index contributed by atoms with van der Waals surface area (Å²) in [6, 6.07) is 0. The van der Waals surface area contributed by atoms with Crippen molar-refractivity contribution in [3.05, 3.63) is 0 Å². The van der Waals surface area contributed by atoms with Crippen LogP contribution in [0.2, 0.25) is 0 Å².